The first-order chi connectivity index (χ1) is 14.2. The summed E-state index contributed by atoms with van der Waals surface area (Å²) in [5.74, 6) is 0.644. The van der Waals surface area contributed by atoms with E-state index in [0.29, 0.717) is 36.7 Å². The van der Waals surface area contributed by atoms with Crippen LogP contribution in [0, 0.1) is 0 Å². The van der Waals surface area contributed by atoms with Gasteiger partial charge in [-0.25, -0.2) is 9.48 Å². The molecule has 0 bridgehead atoms. The van der Waals surface area contributed by atoms with E-state index in [1.165, 1.54) is 7.05 Å². The summed E-state index contributed by atoms with van der Waals surface area (Å²) in [4.78, 5) is 26.7. The summed E-state index contributed by atoms with van der Waals surface area (Å²) in [6.07, 6.45) is -4.65. The molecule has 164 valence electrons. The van der Waals surface area contributed by atoms with Crippen LogP contribution >= 0.6 is 11.6 Å². The molecule has 11 heteroatoms. The van der Waals surface area contributed by atoms with Gasteiger partial charge in [-0.3, -0.25) is 9.36 Å². The van der Waals surface area contributed by atoms with E-state index in [0.717, 1.165) is 9.25 Å². The molecule has 0 atom stereocenters. The number of benzene rings is 1. The highest BCUT2D eigenvalue weighted by Crippen LogP contribution is 2.27. The summed E-state index contributed by atoms with van der Waals surface area (Å²) in [7, 11) is 1.37. The zero-order chi connectivity index (χ0) is 21.9. The third kappa shape index (κ3) is 5.35. The normalized spacial score (nSPS) is 15.4. The molecule has 1 saturated heterocycles. The number of aryl methyl sites for hydroxylation is 1. The van der Waals surface area contributed by atoms with Crippen LogP contribution < -0.4 is 20.9 Å². The number of nitrogens with zero attached hydrogens (tertiary/aromatic N) is 4. The second-order valence-electron chi connectivity index (χ2n) is 7.14. The van der Waals surface area contributed by atoms with Gasteiger partial charge in [-0.1, -0.05) is 23.7 Å². The molecule has 0 unspecified atom stereocenters. The van der Waals surface area contributed by atoms with Gasteiger partial charge in [0, 0.05) is 45.9 Å². The summed E-state index contributed by atoms with van der Waals surface area (Å²) in [6, 6.07) is 7.15. The second kappa shape index (κ2) is 9.11. The predicted molar refractivity (Wildman–Crippen MR) is 106 cm³/mol. The molecule has 1 fully saturated rings. The molecule has 1 aliphatic rings. The molecule has 2 heterocycles. The second-order valence-corrected chi connectivity index (χ2v) is 7.55. The predicted octanol–water partition coefficient (Wildman–Crippen LogP) is 2.99. The maximum atomic E-state index is 12.7. The highest BCUT2D eigenvalue weighted by atomic mass is 35.5. The van der Waals surface area contributed by atoms with Crippen LogP contribution in [-0.4, -0.2) is 39.7 Å². The molecular formula is C19H22ClF3N4O3. The SMILES string of the molecule is Cn1nc(N2CCC(Oc3ccccc3Cl)CC2)c(=O)n(CCCC(F)(F)F)c1=O. The van der Waals surface area contributed by atoms with Crippen molar-refractivity contribution < 1.29 is 17.9 Å². The van der Waals surface area contributed by atoms with Gasteiger partial charge in [-0.15, -0.1) is 5.10 Å². The highest BCUT2D eigenvalue weighted by molar-refractivity contribution is 6.32. The Morgan fingerprint density at radius 2 is 1.87 bits per heavy atom. The summed E-state index contributed by atoms with van der Waals surface area (Å²) in [5, 5.41) is 4.56. The lowest BCUT2D eigenvalue weighted by Crippen LogP contribution is -2.47. The highest BCUT2D eigenvalue weighted by Gasteiger charge is 2.28. The fourth-order valence-electron chi connectivity index (χ4n) is 3.35. The van der Waals surface area contributed by atoms with E-state index >= 15 is 0 Å². The topological polar surface area (TPSA) is 69.4 Å². The third-order valence-electron chi connectivity index (χ3n) is 4.90. The van der Waals surface area contributed by atoms with Gasteiger partial charge in [0.1, 0.15) is 11.9 Å². The molecule has 1 aromatic carbocycles. The quantitative estimate of drug-likeness (QED) is 0.682. The molecule has 1 aromatic heterocycles. The van der Waals surface area contributed by atoms with Gasteiger partial charge >= 0.3 is 11.9 Å². The molecule has 7 nitrogen and oxygen atoms in total. The van der Waals surface area contributed by atoms with Gasteiger partial charge in [0.05, 0.1) is 5.02 Å². The molecule has 1 aliphatic heterocycles. The summed E-state index contributed by atoms with van der Waals surface area (Å²) in [5.41, 5.74) is -1.41. The lowest BCUT2D eigenvalue weighted by atomic mass is 10.1. The average molecular weight is 447 g/mol. The molecule has 0 spiro atoms. The molecule has 0 amide bonds. The van der Waals surface area contributed by atoms with E-state index in [2.05, 4.69) is 5.10 Å². The first-order valence-corrected chi connectivity index (χ1v) is 9.94. The fraction of sp³-hybridized carbons (Fsp3) is 0.526. The van der Waals surface area contributed by atoms with Gasteiger partial charge in [0.15, 0.2) is 0 Å². The average Bonchev–Trinajstić information content (AvgIpc) is 2.69. The van der Waals surface area contributed by atoms with Crippen molar-refractivity contribution in [1.29, 1.82) is 0 Å². The van der Waals surface area contributed by atoms with E-state index in [9.17, 15) is 22.8 Å². The van der Waals surface area contributed by atoms with Gasteiger partial charge < -0.3 is 9.64 Å². The minimum Gasteiger partial charge on any atom is -0.489 e. The lowest BCUT2D eigenvalue weighted by Gasteiger charge is -2.32. The van der Waals surface area contributed by atoms with Crippen LogP contribution in [0.15, 0.2) is 33.9 Å². The smallest absolute Gasteiger partial charge is 0.389 e. The number of anilines is 1. The van der Waals surface area contributed by atoms with E-state index in [1.54, 1.807) is 17.0 Å². The summed E-state index contributed by atoms with van der Waals surface area (Å²) in [6.45, 7) is 0.600. The Balaban J connectivity index is 1.70. The molecule has 0 aliphatic carbocycles. The van der Waals surface area contributed by atoms with Gasteiger partial charge in [0.25, 0.3) is 5.56 Å². The largest absolute Gasteiger partial charge is 0.489 e. The van der Waals surface area contributed by atoms with Crippen LogP contribution in [0.5, 0.6) is 5.75 Å². The summed E-state index contributed by atoms with van der Waals surface area (Å²) >= 11 is 6.12. The van der Waals surface area contributed by atoms with Crippen LogP contribution in [0.3, 0.4) is 0 Å². The zero-order valence-electron chi connectivity index (χ0n) is 16.4. The van der Waals surface area contributed by atoms with E-state index < -0.39 is 23.8 Å². The van der Waals surface area contributed by atoms with E-state index in [1.807, 2.05) is 12.1 Å². The van der Waals surface area contributed by atoms with Gasteiger partial charge in [-0.2, -0.15) is 13.2 Å². The lowest BCUT2D eigenvalue weighted by molar-refractivity contribution is -0.136. The van der Waals surface area contributed by atoms with Crippen molar-refractivity contribution >= 4 is 17.4 Å². The Morgan fingerprint density at radius 1 is 1.20 bits per heavy atom. The van der Waals surface area contributed by atoms with Crippen LogP contribution in [-0.2, 0) is 13.6 Å². The monoisotopic (exact) mass is 446 g/mol. The maximum Gasteiger partial charge on any atom is 0.389 e. The fourth-order valence-corrected chi connectivity index (χ4v) is 3.53. The van der Waals surface area contributed by atoms with Crippen molar-refractivity contribution in [3.05, 3.63) is 50.1 Å². The van der Waals surface area contributed by atoms with E-state index in [4.69, 9.17) is 16.3 Å². The number of hydrogen-bond acceptors (Lipinski definition) is 5. The number of rotatable bonds is 6. The molecular weight excluding hydrogens is 425 g/mol. The number of para-hydroxylation sites is 1. The standard InChI is InChI=1S/C19H22ClF3N4O3/c1-25-18(29)27(10-4-9-19(21,22)23)17(28)16(24-25)26-11-7-13(8-12-26)30-15-6-3-2-5-14(15)20/h2-3,5-6,13H,4,7-12H2,1H3. The Kier molecular flexibility index (Phi) is 6.74. The van der Waals surface area contributed by atoms with Crippen molar-refractivity contribution in [3.8, 4) is 5.75 Å². The minimum absolute atomic E-state index is 0.0558. The molecule has 0 radical (unpaired) electrons. The first-order valence-electron chi connectivity index (χ1n) is 9.57. The first kappa shape index (κ1) is 22.2. The van der Waals surface area contributed by atoms with Gasteiger partial charge in [0.2, 0.25) is 5.82 Å². The van der Waals surface area contributed by atoms with Crippen molar-refractivity contribution in [2.75, 3.05) is 18.0 Å². The molecule has 30 heavy (non-hydrogen) atoms. The number of alkyl halides is 3. The van der Waals surface area contributed by atoms with Crippen LogP contribution in [0.25, 0.3) is 0 Å². The van der Waals surface area contributed by atoms with Crippen LogP contribution in [0.4, 0.5) is 19.0 Å². The number of piperidine rings is 1. The molecule has 0 N–H and O–H groups in total. The van der Waals surface area contributed by atoms with Gasteiger partial charge in [-0.05, 0) is 18.6 Å². The van der Waals surface area contributed by atoms with Crippen molar-refractivity contribution in [2.45, 2.75) is 44.5 Å². The van der Waals surface area contributed by atoms with E-state index in [-0.39, 0.29) is 24.9 Å². The molecule has 2 aromatic rings. The van der Waals surface area contributed by atoms with Crippen molar-refractivity contribution in [2.24, 2.45) is 7.05 Å². The number of ether oxygens (including phenoxy) is 1. The van der Waals surface area contributed by atoms with Crippen molar-refractivity contribution in [1.82, 2.24) is 14.3 Å². The number of hydrogen-bond donors (Lipinski definition) is 0. The Morgan fingerprint density at radius 3 is 2.50 bits per heavy atom. The number of halogens is 4. The molecule has 0 saturated carbocycles. The Labute approximate surface area is 175 Å². The Hall–Kier alpha value is -2.49. The van der Waals surface area contributed by atoms with Crippen LogP contribution in [0.2, 0.25) is 5.02 Å². The zero-order valence-corrected chi connectivity index (χ0v) is 17.1. The minimum atomic E-state index is -4.34. The van der Waals surface area contributed by atoms with Crippen molar-refractivity contribution in [3.63, 3.8) is 0 Å². The third-order valence-corrected chi connectivity index (χ3v) is 5.21. The Bertz CT molecular complexity index is 998. The maximum absolute atomic E-state index is 12.7. The number of aromatic nitrogens is 3. The molecule has 3 rings (SSSR count). The van der Waals surface area contributed by atoms with Crippen LogP contribution in [0.1, 0.15) is 25.7 Å². The summed E-state index contributed by atoms with van der Waals surface area (Å²) < 4.78 is 45.0.